The highest BCUT2D eigenvalue weighted by Gasteiger charge is 2.34. The number of ketones is 1. The molecule has 1 aliphatic heterocycles. The second-order valence-corrected chi connectivity index (χ2v) is 7.14. The molecule has 1 saturated carbocycles. The van der Waals surface area contributed by atoms with Crippen LogP contribution in [0.5, 0.6) is 5.75 Å². The number of ether oxygens (including phenoxy) is 1. The number of carbonyl (C=O) groups is 1. The highest BCUT2D eigenvalue weighted by atomic mass is 32.2. The zero-order valence-corrected chi connectivity index (χ0v) is 14.0. The molecule has 7 nitrogen and oxygen atoms in total. The number of benzene rings is 1. The lowest BCUT2D eigenvalue weighted by Crippen LogP contribution is -2.14. The maximum absolute atomic E-state index is 13.1. The van der Waals surface area contributed by atoms with Gasteiger partial charge in [-0.3, -0.25) is 4.79 Å². The SMILES string of the molecule is O=C(c1cnoc1C1CC1)c1ccc(-n2cncn2)c2c1SCCO2. The van der Waals surface area contributed by atoms with Crippen molar-refractivity contribution >= 4 is 17.5 Å². The number of hydrogen-bond donors (Lipinski definition) is 0. The lowest BCUT2D eigenvalue weighted by atomic mass is 10.0. The molecule has 2 aliphatic rings. The highest BCUT2D eigenvalue weighted by molar-refractivity contribution is 7.99. The van der Waals surface area contributed by atoms with Crippen LogP contribution in [0, 0.1) is 0 Å². The largest absolute Gasteiger partial charge is 0.489 e. The molecule has 1 fully saturated rings. The Labute approximate surface area is 147 Å². The number of nitrogens with zero attached hydrogens (tertiary/aromatic N) is 4. The first-order chi connectivity index (χ1) is 12.3. The van der Waals surface area contributed by atoms with Crippen LogP contribution in [0.1, 0.15) is 40.4 Å². The number of thioether (sulfide) groups is 1. The van der Waals surface area contributed by atoms with Gasteiger partial charge < -0.3 is 9.26 Å². The van der Waals surface area contributed by atoms with Gasteiger partial charge in [0.25, 0.3) is 0 Å². The molecule has 126 valence electrons. The predicted octanol–water partition coefficient (Wildman–Crippen LogP) is 2.85. The molecule has 0 bridgehead atoms. The van der Waals surface area contributed by atoms with Crippen LogP contribution in [-0.2, 0) is 0 Å². The van der Waals surface area contributed by atoms with E-state index in [-0.39, 0.29) is 5.78 Å². The summed E-state index contributed by atoms with van der Waals surface area (Å²) in [6.07, 6.45) is 6.72. The molecule has 25 heavy (non-hydrogen) atoms. The highest BCUT2D eigenvalue weighted by Crippen LogP contribution is 2.44. The molecular weight excluding hydrogens is 340 g/mol. The van der Waals surface area contributed by atoms with E-state index in [1.807, 2.05) is 12.1 Å². The van der Waals surface area contributed by atoms with Gasteiger partial charge in [-0.05, 0) is 25.0 Å². The standard InChI is InChI=1S/C17H14N4O3S/c22-14(12-7-20-24-15(12)10-1-2-10)11-3-4-13(21-9-18-8-19-21)16-17(11)25-6-5-23-16/h3-4,7-10H,1-2,5-6H2. The van der Waals surface area contributed by atoms with Gasteiger partial charge in [-0.15, -0.1) is 11.8 Å². The van der Waals surface area contributed by atoms with E-state index in [0.29, 0.717) is 35.2 Å². The van der Waals surface area contributed by atoms with Crippen LogP contribution in [0.25, 0.3) is 5.69 Å². The Morgan fingerprint density at radius 3 is 3.00 bits per heavy atom. The van der Waals surface area contributed by atoms with Gasteiger partial charge in [0.15, 0.2) is 17.3 Å². The summed E-state index contributed by atoms with van der Waals surface area (Å²) in [5, 5.41) is 8.01. The van der Waals surface area contributed by atoms with Gasteiger partial charge in [0.2, 0.25) is 0 Å². The van der Waals surface area contributed by atoms with Crippen LogP contribution in [0.4, 0.5) is 0 Å². The van der Waals surface area contributed by atoms with E-state index in [2.05, 4.69) is 15.2 Å². The van der Waals surface area contributed by atoms with Gasteiger partial charge in [0.1, 0.15) is 18.3 Å². The Morgan fingerprint density at radius 2 is 2.20 bits per heavy atom. The van der Waals surface area contributed by atoms with Gasteiger partial charge >= 0.3 is 0 Å². The van der Waals surface area contributed by atoms with Crippen molar-refractivity contribution in [3.05, 3.63) is 47.9 Å². The van der Waals surface area contributed by atoms with E-state index in [4.69, 9.17) is 9.26 Å². The fourth-order valence-electron chi connectivity index (χ4n) is 3.02. The number of carbonyl (C=O) groups excluding carboxylic acids is 1. The Balaban J connectivity index is 1.62. The van der Waals surface area contributed by atoms with Crippen molar-refractivity contribution in [1.82, 2.24) is 19.9 Å². The Bertz CT molecular complexity index is 947. The molecule has 0 spiro atoms. The van der Waals surface area contributed by atoms with Crippen LogP contribution >= 0.6 is 11.8 Å². The molecule has 8 heteroatoms. The summed E-state index contributed by atoms with van der Waals surface area (Å²) in [7, 11) is 0. The fraction of sp³-hybridized carbons (Fsp3) is 0.294. The lowest BCUT2D eigenvalue weighted by molar-refractivity contribution is 0.103. The third kappa shape index (κ3) is 2.44. The molecule has 0 unspecified atom stereocenters. The molecular formula is C17H14N4O3S. The van der Waals surface area contributed by atoms with Crippen LogP contribution in [0.15, 0.2) is 40.4 Å². The van der Waals surface area contributed by atoms with Gasteiger partial charge in [0, 0.05) is 17.2 Å². The van der Waals surface area contributed by atoms with Crippen LogP contribution in [0.3, 0.4) is 0 Å². The Morgan fingerprint density at radius 1 is 1.28 bits per heavy atom. The Hall–Kier alpha value is -2.61. The average Bonchev–Trinajstić information content (AvgIpc) is 3.15. The van der Waals surface area contributed by atoms with Gasteiger partial charge in [-0.2, -0.15) is 5.10 Å². The zero-order chi connectivity index (χ0) is 16.8. The lowest BCUT2D eigenvalue weighted by Gasteiger charge is -2.22. The van der Waals surface area contributed by atoms with E-state index in [1.165, 1.54) is 12.5 Å². The van der Waals surface area contributed by atoms with Gasteiger partial charge in [0.05, 0.1) is 23.3 Å². The molecule has 1 aromatic carbocycles. The molecule has 0 saturated heterocycles. The second-order valence-electron chi connectivity index (χ2n) is 6.03. The summed E-state index contributed by atoms with van der Waals surface area (Å²) in [4.78, 5) is 18.0. The third-order valence-electron chi connectivity index (χ3n) is 4.37. The smallest absolute Gasteiger partial charge is 0.199 e. The van der Waals surface area contributed by atoms with Crippen molar-refractivity contribution in [3.8, 4) is 11.4 Å². The second kappa shape index (κ2) is 5.73. The minimum absolute atomic E-state index is 0.0671. The minimum Gasteiger partial charge on any atom is -0.489 e. The van der Waals surface area contributed by atoms with Crippen LogP contribution < -0.4 is 4.74 Å². The van der Waals surface area contributed by atoms with Crippen LogP contribution in [-0.4, -0.2) is 38.1 Å². The van der Waals surface area contributed by atoms with Crippen LogP contribution in [0.2, 0.25) is 0 Å². The van der Waals surface area contributed by atoms with Crippen molar-refractivity contribution in [2.75, 3.05) is 12.4 Å². The van der Waals surface area contributed by atoms with E-state index in [0.717, 1.165) is 29.2 Å². The first kappa shape index (κ1) is 14.7. The topological polar surface area (TPSA) is 83.0 Å². The summed E-state index contributed by atoms with van der Waals surface area (Å²) >= 11 is 1.62. The van der Waals surface area contributed by atoms with E-state index in [9.17, 15) is 4.79 Å². The first-order valence-electron chi connectivity index (χ1n) is 8.10. The Kier molecular flexibility index (Phi) is 3.37. The molecule has 5 rings (SSSR count). The van der Waals surface area contributed by atoms with E-state index < -0.39 is 0 Å². The molecule has 3 heterocycles. The third-order valence-corrected chi connectivity index (χ3v) is 5.43. The van der Waals surface area contributed by atoms with Crippen molar-refractivity contribution in [1.29, 1.82) is 0 Å². The van der Waals surface area contributed by atoms with Crippen molar-refractivity contribution in [2.45, 2.75) is 23.7 Å². The summed E-state index contributed by atoms with van der Waals surface area (Å²) in [5.41, 5.74) is 1.96. The molecule has 0 radical (unpaired) electrons. The summed E-state index contributed by atoms with van der Waals surface area (Å²) in [6.45, 7) is 0.595. The number of aromatic nitrogens is 4. The minimum atomic E-state index is -0.0671. The maximum Gasteiger partial charge on any atom is 0.199 e. The van der Waals surface area contributed by atoms with E-state index in [1.54, 1.807) is 22.8 Å². The molecule has 1 aliphatic carbocycles. The summed E-state index contributed by atoms with van der Waals surface area (Å²) in [5.74, 6) is 2.45. The normalized spacial score (nSPS) is 16.3. The molecule has 3 aromatic rings. The number of hydrogen-bond acceptors (Lipinski definition) is 7. The quantitative estimate of drug-likeness (QED) is 0.666. The van der Waals surface area contributed by atoms with Crippen molar-refractivity contribution in [2.24, 2.45) is 0 Å². The first-order valence-corrected chi connectivity index (χ1v) is 9.08. The molecule has 0 N–H and O–H groups in total. The van der Waals surface area contributed by atoms with Crippen molar-refractivity contribution < 1.29 is 14.1 Å². The summed E-state index contributed by atoms with van der Waals surface area (Å²) in [6, 6.07) is 3.67. The molecule has 0 amide bonds. The fourth-order valence-corrected chi connectivity index (χ4v) is 4.00. The van der Waals surface area contributed by atoms with E-state index >= 15 is 0 Å². The molecule has 0 atom stereocenters. The molecule has 2 aromatic heterocycles. The average molecular weight is 354 g/mol. The van der Waals surface area contributed by atoms with Gasteiger partial charge in [-0.25, -0.2) is 9.67 Å². The van der Waals surface area contributed by atoms with Crippen molar-refractivity contribution in [3.63, 3.8) is 0 Å². The number of fused-ring (bicyclic) bond motifs is 1. The number of rotatable bonds is 4. The summed E-state index contributed by atoms with van der Waals surface area (Å²) < 4.78 is 12.8. The predicted molar refractivity (Wildman–Crippen MR) is 89.5 cm³/mol. The van der Waals surface area contributed by atoms with Gasteiger partial charge in [-0.1, -0.05) is 5.16 Å². The monoisotopic (exact) mass is 354 g/mol. The maximum atomic E-state index is 13.1. The zero-order valence-electron chi connectivity index (χ0n) is 13.2.